The quantitative estimate of drug-likeness (QED) is 0.693. The zero-order valence-electron chi connectivity index (χ0n) is 16.6. The molecule has 0 unspecified atom stereocenters. The van der Waals surface area contributed by atoms with Crippen molar-refractivity contribution >= 4 is 23.2 Å². The summed E-state index contributed by atoms with van der Waals surface area (Å²) in [6.45, 7) is 1.14. The number of amides is 1. The fourth-order valence-corrected chi connectivity index (χ4v) is 3.52. The highest BCUT2D eigenvalue weighted by Gasteiger charge is 2.28. The van der Waals surface area contributed by atoms with E-state index in [1.807, 2.05) is 35.2 Å². The van der Waals surface area contributed by atoms with Crippen LogP contribution in [0.15, 0.2) is 39.9 Å². The highest BCUT2D eigenvalue weighted by molar-refractivity contribution is 6.01. The summed E-state index contributed by atoms with van der Waals surface area (Å²) >= 11 is 0. The second-order valence-corrected chi connectivity index (χ2v) is 7.29. The standard InChI is InChI=1S/C20H25N5O4/c1-23-17(21)16(19(28)24(2)20(23)29)15(26)12-25-10-8-13(9-11-25)18(27)22-14-6-4-3-5-7-14/h3-7,13H,8-12,21H2,1-2H3,(H,22,27). The average Bonchev–Trinajstić information content (AvgIpc) is 2.72. The topological polar surface area (TPSA) is 119 Å². The van der Waals surface area contributed by atoms with E-state index in [0.717, 1.165) is 14.8 Å². The minimum atomic E-state index is -0.687. The van der Waals surface area contributed by atoms with E-state index >= 15 is 0 Å². The van der Waals surface area contributed by atoms with Crippen molar-refractivity contribution in [2.24, 2.45) is 20.0 Å². The number of nitrogens with one attached hydrogen (secondary N) is 1. The third kappa shape index (κ3) is 4.29. The van der Waals surface area contributed by atoms with Gasteiger partial charge in [0.25, 0.3) is 5.56 Å². The summed E-state index contributed by atoms with van der Waals surface area (Å²) in [6, 6.07) is 9.28. The number of nitrogen functional groups attached to an aromatic ring is 1. The molecule has 3 N–H and O–H groups in total. The third-order valence-corrected chi connectivity index (χ3v) is 5.36. The number of hydrogen-bond donors (Lipinski definition) is 2. The number of Topliss-reactive ketones (excluding diaryl/α,β-unsaturated/α-hetero) is 1. The van der Waals surface area contributed by atoms with Gasteiger partial charge in [0.05, 0.1) is 6.54 Å². The number of rotatable bonds is 5. The summed E-state index contributed by atoms with van der Waals surface area (Å²) in [6.07, 6.45) is 1.24. The third-order valence-electron chi connectivity index (χ3n) is 5.36. The molecule has 2 heterocycles. The highest BCUT2D eigenvalue weighted by Crippen LogP contribution is 2.20. The molecular formula is C20H25N5O4. The Bertz CT molecular complexity index is 1030. The molecule has 1 fully saturated rings. The Hall–Kier alpha value is -3.20. The Kier molecular flexibility index (Phi) is 5.97. The van der Waals surface area contributed by atoms with Crippen LogP contribution in [0.4, 0.5) is 11.5 Å². The van der Waals surface area contributed by atoms with Gasteiger partial charge < -0.3 is 11.1 Å². The lowest BCUT2D eigenvalue weighted by molar-refractivity contribution is -0.121. The largest absolute Gasteiger partial charge is 0.384 e. The molecule has 0 radical (unpaired) electrons. The number of carbonyl (C=O) groups excluding carboxylic acids is 2. The second kappa shape index (κ2) is 8.44. The van der Waals surface area contributed by atoms with Gasteiger partial charge in [-0.3, -0.25) is 28.4 Å². The molecule has 3 rings (SSSR count). The monoisotopic (exact) mass is 399 g/mol. The molecule has 2 aromatic rings. The van der Waals surface area contributed by atoms with Crippen molar-refractivity contribution in [1.82, 2.24) is 14.0 Å². The lowest BCUT2D eigenvalue weighted by Gasteiger charge is -2.30. The van der Waals surface area contributed by atoms with Crippen molar-refractivity contribution < 1.29 is 9.59 Å². The van der Waals surface area contributed by atoms with Gasteiger partial charge in [0.15, 0.2) is 5.78 Å². The van der Waals surface area contributed by atoms with Crippen LogP contribution >= 0.6 is 0 Å². The molecule has 1 amide bonds. The van der Waals surface area contributed by atoms with Crippen molar-refractivity contribution in [2.45, 2.75) is 12.8 Å². The number of anilines is 2. The number of nitrogens with two attached hydrogens (primary N) is 1. The van der Waals surface area contributed by atoms with Crippen molar-refractivity contribution in [1.29, 1.82) is 0 Å². The molecule has 1 aromatic carbocycles. The first kappa shape index (κ1) is 20.5. The molecule has 1 aromatic heterocycles. The Morgan fingerprint density at radius 3 is 2.31 bits per heavy atom. The van der Waals surface area contributed by atoms with Crippen LogP contribution in [0.25, 0.3) is 0 Å². The molecule has 9 heteroatoms. The number of ketones is 1. The van der Waals surface area contributed by atoms with Gasteiger partial charge in [-0.1, -0.05) is 18.2 Å². The van der Waals surface area contributed by atoms with Gasteiger partial charge in [-0.05, 0) is 38.1 Å². The normalized spacial score (nSPS) is 15.2. The van der Waals surface area contributed by atoms with Crippen molar-refractivity contribution in [2.75, 3.05) is 30.7 Å². The zero-order valence-corrected chi connectivity index (χ0v) is 16.6. The molecule has 0 atom stereocenters. The van der Waals surface area contributed by atoms with Crippen LogP contribution in [-0.2, 0) is 18.9 Å². The molecule has 9 nitrogen and oxygen atoms in total. The number of para-hydroxylation sites is 1. The van der Waals surface area contributed by atoms with Crippen LogP contribution in [-0.4, -0.2) is 45.4 Å². The Labute approximate surface area is 167 Å². The van der Waals surface area contributed by atoms with Gasteiger partial charge in [-0.15, -0.1) is 0 Å². The minimum absolute atomic E-state index is 0.0185. The zero-order chi connectivity index (χ0) is 21.1. The van der Waals surface area contributed by atoms with E-state index in [4.69, 9.17) is 5.73 Å². The van der Waals surface area contributed by atoms with E-state index in [9.17, 15) is 19.2 Å². The number of likely N-dealkylation sites (tertiary alicyclic amines) is 1. The van der Waals surface area contributed by atoms with E-state index in [1.165, 1.54) is 14.1 Å². The average molecular weight is 399 g/mol. The minimum Gasteiger partial charge on any atom is -0.384 e. The van der Waals surface area contributed by atoms with Crippen LogP contribution in [0, 0.1) is 5.92 Å². The first-order chi connectivity index (χ1) is 13.8. The molecule has 1 aliphatic heterocycles. The number of hydrogen-bond acceptors (Lipinski definition) is 6. The molecular weight excluding hydrogens is 374 g/mol. The van der Waals surface area contributed by atoms with Crippen molar-refractivity contribution in [3.63, 3.8) is 0 Å². The summed E-state index contributed by atoms with van der Waals surface area (Å²) in [5, 5.41) is 2.91. The maximum Gasteiger partial charge on any atom is 0.332 e. The summed E-state index contributed by atoms with van der Waals surface area (Å²) in [7, 11) is 2.74. The summed E-state index contributed by atoms with van der Waals surface area (Å²) < 4.78 is 1.97. The molecule has 0 aliphatic carbocycles. The number of piperidine rings is 1. The second-order valence-electron chi connectivity index (χ2n) is 7.29. The van der Waals surface area contributed by atoms with Gasteiger partial charge >= 0.3 is 5.69 Å². The van der Waals surface area contributed by atoms with Crippen LogP contribution < -0.4 is 22.3 Å². The number of aromatic nitrogens is 2. The number of nitrogens with zero attached hydrogens (tertiary/aromatic N) is 3. The van der Waals surface area contributed by atoms with Crippen molar-refractivity contribution in [3.05, 3.63) is 56.7 Å². The Morgan fingerprint density at radius 2 is 1.69 bits per heavy atom. The van der Waals surface area contributed by atoms with Crippen LogP contribution in [0.3, 0.4) is 0 Å². The molecule has 1 saturated heterocycles. The predicted octanol–water partition coefficient (Wildman–Crippen LogP) is 0.200. The summed E-state index contributed by atoms with van der Waals surface area (Å²) in [4.78, 5) is 51.3. The van der Waals surface area contributed by atoms with E-state index in [-0.39, 0.29) is 29.8 Å². The lowest BCUT2D eigenvalue weighted by Crippen LogP contribution is -2.45. The van der Waals surface area contributed by atoms with E-state index in [2.05, 4.69) is 5.32 Å². The van der Waals surface area contributed by atoms with Crippen LogP contribution in [0.1, 0.15) is 23.2 Å². The fraction of sp³-hybridized carbons (Fsp3) is 0.400. The first-order valence-corrected chi connectivity index (χ1v) is 9.46. The van der Waals surface area contributed by atoms with Crippen molar-refractivity contribution in [3.8, 4) is 0 Å². The number of benzene rings is 1. The SMILES string of the molecule is Cn1c(N)c(C(=O)CN2CCC(C(=O)Nc3ccccc3)CC2)c(=O)n(C)c1=O. The maximum absolute atomic E-state index is 12.7. The van der Waals surface area contributed by atoms with Crippen LogP contribution in [0.5, 0.6) is 0 Å². The molecule has 1 aliphatic rings. The molecule has 0 saturated carbocycles. The predicted molar refractivity (Wildman–Crippen MR) is 110 cm³/mol. The molecule has 0 spiro atoms. The van der Waals surface area contributed by atoms with Gasteiger partial charge in [-0.2, -0.15) is 0 Å². The fourth-order valence-electron chi connectivity index (χ4n) is 3.52. The molecule has 0 bridgehead atoms. The number of carbonyl (C=O) groups is 2. The molecule has 154 valence electrons. The van der Waals surface area contributed by atoms with Gasteiger partial charge in [0.1, 0.15) is 11.4 Å². The maximum atomic E-state index is 12.7. The summed E-state index contributed by atoms with van der Waals surface area (Å²) in [5.41, 5.74) is 5.18. The van der Waals surface area contributed by atoms with E-state index in [1.54, 1.807) is 0 Å². The summed E-state index contributed by atoms with van der Waals surface area (Å²) in [5.74, 6) is -0.707. The van der Waals surface area contributed by atoms with E-state index in [0.29, 0.717) is 25.9 Å². The highest BCUT2D eigenvalue weighted by atomic mass is 16.2. The van der Waals surface area contributed by atoms with Gasteiger partial charge in [0, 0.05) is 25.7 Å². The van der Waals surface area contributed by atoms with Gasteiger partial charge in [0.2, 0.25) is 5.91 Å². The van der Waals surface area contributed by atoms with Crippen LogP contribution in [0.2, 0.25) is 0 Å². The Balaban J connectivity index is 1.61. The smallest absolute Gasteiger partial charge is 0.332 e. The lowest BCUT2D eigenvalue weighted by atomic mass is 9.95. The first-order valence-electron chi connectivity index (χ1n) is 9.46. The van der Waals surface area contributed by atoms with E-state index < -0.39 is 17.0 Å². The van der Waals surface area contributed by atoms with Gasteiger partial charge in [-0.25, -0.2) is 4.79 Å². The Morgan fingerprint density at radius 1 is 1.07 bits per heavy atom. The molecule has 29 heavy (non-hydrogen) atoms.